The molecule has 192 valence electrons. The van der Waals surface area contributed by atoms with Crippen LogP contribution in [0.15, 0.2) is 54.6 Å². The van der Waals surface area contributed by atoms with Crippen LogP contribution >= 0.6 is 11.3 Å². The third-order valence-corrected chi connectivity index (χ3v) is 8.50. The Morgan fingerprint density at radius 3 is 2.43 bits per heavy atom. The molecule has 0 bridgehead atoms. The number of H-pyrrole nitrogens is 1. The van der Waals surface area contributed by atoms with Gasteiger partial charge in [-0.1, -0.05) is 56.2 Å². The third-order valence-electron chi connectivity index (χ3n) is 7.40. The van der Waals surface area contributed by atoms with E-state index >= 15 is 0 Å². The molecule has 9 heteroatoms. The van der Waals surface area contributed by atoms with E-state index in [9.17, 15) is 9.59 Å². The van der Waals surface area contributed by atoms with Gasteiger partial charge in [0.25, 0.3) is 17.8 Å². The number of tetrazole rings is 1. The molecule has 0 unspecified atom stereocenters. The predicted octanol–water partition coefficient (Wildman–Crippen LogP) is 5.91. The second-order valence-corrected chi connectivity index (χ2v) is 11.9. The summed E-state index contributed by atoms with van der Waals surface area (Å²) in [4.78, 5) is 29.2. The number of rotatable bonds is 6. The largest absolute Gasteiger partial charge is 0.331 e. The first-order valence-electron chi connectivity index (χ1n) is 12.7. The van der Waals surface area contributed by atoms with Crippen LogP contribution in [0.4, 0.5) is 5.95 Å². The third kappa shape index (κ3) is 5.72. The van der Waals surface area contributed by atoms with Crippen molar-refractivity contribution in [3.8, 4) is 0 Å². The van der Waals surface area contributed by atoms with Crippen LogP contribution in [-0.2, 0) is 6.54 Å². The van der Waals surface area contributed by atoms with Gasteiger partial charge >= 0.3 is 0 Å². The van der Waals surface area contributed by atoms with Gasteiger partial charge in [-0.2, -0.15) is 5.21 Å². The highest BCUT2D eigenvalue weighted by Crippen LogP contribution is 2.40. The molecule has 2 aromatic heterocycles. The second kappa shape index (κ2) is 10.4. The summed E-state index contributed by atoms with van der Waals surface area (Å²) >= 11 is 1.56. The number of aromatic amines is 1. The standard InChI is InChI=1S/C28H32N6O2S/c1-28(2,3)21-12-14-22(15-13-21)34(26(36)24-16-20-6-4-5-7-23(20)37-24)17-18-8-10-19(11-9-18)25(35)29-27-30-32-33-31-27/h4-11,16,21-22H,12-15,17H2,1-3H3,(H2,29,30,31,32,33,35). The molecule has 2 N–H and O–H groups in total. The zero-order valence-corrected chi connectivity index (χ0v) is 22.2. The van der Waals surface area contributed by atoms with E-state index < -0.39 is 0 Å². The number of carbonyl (C=O) groups excluding carboxylic acids is 2. The van der Waals surface area contributed by atoms with Crippen molar-refractivity contribution in [3.05, 3.63) is 70.6 Å². The number of carbonyl (C=O) groups is 2. The number of thiophene rings is 1. The maximum absolute atomic E-state index is 13.9. The Hall–Kier alpha value is -3.59. The van der Waals surface area contributed by atoms with Crippen molar-refractivity contribution in [1.29, 1.82) is 0 Å². The topological polar surface area (TPSA) is 104 Å². The lowest BCUT2D eigenvalue weighted by molar-refractivity contribution is 0.0535. The Labute approximate surface area is 220 Å². The molecule has 2 aromatic carbocycles. The molecule has 0 radical (unpaired) electrons. The van der Waals surface area contributed by atoms with Gasteiger partial charge in [-0.05, 0) is 77.4 Å². The summed E-state index contributed by atoms with van der Waals surface area (Å²) in [5.41, 5.74) is 1.76. The first kappa shape index (κ1) is 25.1. The van der Waals surface area contributed by atoms with Crippen LogP contribution in [0.2, 0.25) is 0 Å². The maximum atomic E-state index is 13.9. The number of nitrogens with one attached hydrogen (secondary N) is 2. The normalized spacial score (nSPS) is 18.0. The highest BCUT2D eigenvalue weighted by atomic mass is 32.1. The average molecular weight is 517 g/mol. The van der Waals surface area contributed by atoms with Gasteiger partial charge in [-0.15, -0.1) is 16.4 Å². The SMILES string of the molecule is CC(C)(C)C1CCC(N(Cc2ccc(C(=O)Nc3nn[nH]n3)cc2)C(=O)c2cc3ccccc3s2)CC1. The molecular weight excluding hydrogens is 484 g/mol. The van der Waals surface area contributed by atoms with Crippen molar-refractivity contribution in [2.75, 3.05) is 5.32 Å². The fourth-order valence-electron chi connectivity index (χ4n) is 5.20. The van der Waals surface area contributed by atoms with Crippen LogP contribution in [-0.4, -0.2) is 43.4 Å². The smallest absolute Gasteiger partial charge is 0.270 e. The van der Waals surface area contributed by atoms with Crippen LogP contribution in [0.3, 0.4) is 0 Å². The minimum atomic E-state index is -0.313. The van der Waals surface area contributed by atoms with Gasteiger partial charge in [0.15, 0.2) is 0 Å². The van der Waals surface area contributed by atoms with Crippen molar-refractivity contribution >= 4 is 39.2 Å². The van der Waals surface area contributed by atoms with E-state index in [-0.39, 0.29) is 29.2 Å². The Morgan fingerprint density at radius 1 is 1.05 bits per heavy atom. The quantitative estimate of drug-likeness (QED) is 0.331. The number of hydrogen-bond donors (Lipinski definition) is 2. The summed E-state index contributed by atoms with van der Waals surface area (Å²) in [5, 5.41) is 17.0. The molecular formula is C28H32N6O2S. The molecule has 37 heavy (non-hydrogen) atoms. The van der Waals surface area contributed by atoms with Crippen LogP contribution in [0, 0.1) is 11.3 Å². The number of anilines is 1. The predicted molar refractivity (Wildman–Crippen MR) is 145 cm³/mol. The van der Waals surface area contributed by atoms with Gasteiger partial charge < -0.3 is 4.90 Å². The Kier molecular flexibility index (Phi) is 7.06. The number of nitrogens with zero attached hydrogens (tertiary/aromatic N) is 4. The van der Waals surface area contributed by atoms with Crippen LogP contribution in [0.5, 0.6) is 0 Å². The summed E-state index contributed by atoms with van der Waals surface area (Å²) in [7, 11) is 0. The molecule has 0 aliphatic heterocycles. The Balaban J connectivity index is 1.35. The fourth-order valence-corrected chi connectivity index (χ4v) is 6.21. The zero-order chi connectivity index (χ0) is 26.0. The number of benzene rings is 2. The summed E-state index contributed by atoms with van der Waals surface area (Å²) < 4.78 is 1.12. The molecule has 0 atom stereocenters. The summed E-state index contributed by atoms with van der Waals surface area (Å²) in [6.45, 7) is 7.45. The van der Waals surface area contributed by atoms with Crippen molar-refractivity contribution in [2.45, 2.75) is 59.0 Å². The zero-order valence-electron chi connectivity index (χ0n) is 21.4. The van der Waals surface area contributed by atoms with Crippen LogP contribution in [0.25, 0.3) is 10.1 Å². The highest BCUT2D eigenvalue weighted by Gasteiger charge is 2.34. The van der Waals surface area contributed by atoms with Crippen LogP contribution in [0.1, 0.15) is 72.0 Å². The summed E-state index contributed by atoms with van der Waals surface area (Å²) in [5.74, 6) is 0.563. The summed E-state index contributed by atoms with van der Waals surface area (Å²) in [6.07, 6.45) is 4.26. The molecule has 2 heterocycles. The molecule has 4 aromatic rings. The van der Waals surface area contributed by atoms with Crippen LogP contribution < -0.4 is 5.32 Å². The van der Waals surface area contributed by atoms with Gasteiger partial charge in [-0.25, -0.2) is 0 Å². The van der Waals surface area contributed by atoms with Gasteiger partial charge in [0.05, 0.1) is 4.88 Å². The molecule has 1 fully saturated rings. The summed E-state index contributed by atoms with van der Waals surface area (Å²) in [6, 6.07) is 17.7. The molecule has 2 amide bonds. The van der Waals surface area contributed by atoms with Gasteiger partial charge in [-0.3, -0.25) is 14.9 Å². The molecule has 0 spiro atoms. The van der Waals surface area contributed by atoms with Crippen molar-refractivity contribution in [2.24, 2.45) is 11.3 Å². The number of amides is 2. The number of hydrogen-bond acceptors (Lipinski definition) is 6. The molecule has 1 aliphatic rings. The van der Waals surface area contributed by atoms with E-state index in [1.165, 1.54) is 0 Å². The van der Waals surface area contributed by atoms with Gasteiger partial charge in [0, 0.05) is 22.8 Å². The van der Waals surface area contributed by atoms with E-state index in [0.29, 0.717) is 18.0 Å². The van der Waals surface area contributed by atoms with E-state index in [2.05, 4.69) is 63.7 Å². The van der Waals surface area contributed by atoms with E-state index in [1.54, 1.807) is 23.5 Å². The minimum absolute atomic E-state index is 0.0827. The first-order chi connectivity index (χ1) is 17.8. The first-order valence-corrected chi connectivity index (χ1v) is 13.5. The Morgan fingerprint density at radius 2 is 1.78 bits per heavy atom. The maximum Gasteiger partial charge on any atom is 0.270 e. The fraction of sp³-hybridized carbons (Fsp3) is 0.393. The van der Waals surface area contributed by atoms with E-state index in [1.807, 2.05) is 30.3 Å². The van der Waals surface area contributed by atoms with Gasteiger partial charge in [0.1, 0.15) is 0 Å². The molecule has 8 nitrogen and oxygen atoms in total. The van der Waals surface area contributed by atoms with Crippen molar-refractivity contribution < 1.29 is 9.59 Å². The number of aromatic nitrogens is 4. The van der Waals surface area contributed by atoms with Crippen molar-refractivity contribution in [1.82, 2.24) is 25.5 Å². The Bertz CT molecular complexity index is 1330. The average Bonchev–Trinajstić information content (AvgIpc) is 3.57. The molecule has 1 saturated carbocycles. The molecule has 1 aliphatic carbocycles. The highest BCUT2D eigenvalue weighted by molar-refractivity contribution is 7.20. The monoisotopic (exact) mass is 516 g/mol. The minimum Gasteiger partial charge on any atom is -0.331 e. The second-order valence-electron chi connectivity index (χ2n) is 10.8. The lowest BCUT2D eigenvalue weighted by Crippen LogP contribution is -2.42. The van der Waals surface area contributed by atoms with Crippen molar-refractivity contribution in [3.63, 3.8) is 0 Å². The van der Waals surface area contributed by atoms with Gasteiger partial charge in [0.2, 0.25) is 0 Å². The lowest BCUT2D eigenvalue weighted by Gasteiger charge is -2.41. The number of fused-ring (bicyclic) bond motifs is 1. The van der Waals surface area contributed by atoms with E-state index in [4.69, 9.17) is 0 Å². The molecule has 0 saturated heterocycles. The lowest BCUT2D eigenvalue weighted by atomic mass is 9.71. The molecule has 5 rings (SSSR count). The van der Waals surface area contributed by atoms with E-state index in [0.717, 1.165) is 46.2 Å².